The Morgan fingerprint density at radius 2 is 0.988 bits per heavy atom. The number of benzene rings is 2. The maximum absolute atomic E-state index is 15.3. The van der Waals surface area contributed by atoms with Crippen LogP contribution in [-0.4, -0.2) is 130 Å². The van der Waals surface area contributed by atoms with Gasteiger partial charge in [-0.3, -0.25) is 9.59 Å². The molecule has 12 rings (SSSR count). The number of carbonyl (C=O) groups excluding carboxylic acids is 3. The van der Waals surface area contributed by atoms with Crippen LogP contribution in [0.1, 0.15) is 126 Å². The molecule has 3 N–H and O–H groups in total. The van der Waals surface area contributed by atoms with Gasteiger partial charge in [0.05, 0.1) is 58.2 Å². The van der Waals surface area contributed by atoms with E-state index in [4.69, 9.17) is 14.6 Å². The van der Waals surface area contributed by atoms with Gasteiger partial charge in [-0.1, -0.05) is 34.7 Å². The van der Waals surface area contributed by atoms with Crippen LogP contribution < -0.4 is 28.3 Å². The predicted molar refractivity (Wildman–Crippen MR) is 288 cm³/mol. The molecule has 2 aliphatic carbocycles. The fraction of sp³-hybridized carbons (Fsp3) is 0.263. The van der Waals surface area contributed by atoms with Crippen LogP contribution in [0.25, 0.3) is 33.5 Å². The van der Waals surface area contributed by atoms with E-state index in [9.17, 15) is 19.2 Å². The number of hydrogen-bond acceptors (Lipinski definition) is 19. The Morgan fingerprint density at radius 1 is 0.571 bits per heavy atom. The number of ether oxygens (including phenoxy) is 3. The Bertz CT molecular complexity index is 4030. The van der Waals surface area contributed by atoms with Crippen LogP contribution in [0, 0.1) is 11.6 Å². The van der Waals surface area contributed by atoms with Crippen molar-refractivity contribution in [1.29, 1.82) is 0 Å². The van der Waals surface area contributed by atoms with Crippen molar-refractivity contribution in [3.05, 3.63) is 179 Å². The standard InChI is InChI=1S/C29H26FN7O4.C28H24FN7O4.Li.2H2O/c1-40-25-9-7-21(19-11-31-28(32-12-19)29(39)41-2)22(27(25)30)6-8-24(38)23-16-37(35-34-23)15-20-14-36-13-18(17-3-4-17)5-10-26(36)33-20;1-40-24-8-6-20(18-10-30-27(28(38)39)31-11-18)21(26(24)29)5-7-23(37)22-15-36(34-33-22)14-19-13-35-12-17(16-2-3-16)4-9-25(35)32-19;;;/h5,7,9-14,16-17H,3-4,6,8,15H2,1-2H3;4,6,8-13,15-16H,2-3,5,7,14H2,1H3,(H,38,39);;2*1H2/q;;+1;;/p-2. The Balaban J connectivity index is 0.000000212. The van der Waals surface area contributed by atoms with Crippen LogP contribution in [0.3, 0.4) is 0 Å². The smallest absolute Gasteiger partial charge is 0.870 e. The molecule has 0 saturated heterocycles. The second-order valence-corrected chi connectivity index (χ2v) is 19.5. The molecule has 24 nitrogen and oxygen atoms in total. The summed E-state index contributed by atoms with van der Waals surface area (Å²) in [5.41, 5.74) is 8.54. The molecule has 2 saturated carbocycles. The molecule has 0 bridgehead atoms. The first-order valence-corrected chi connectivity index (χ1v) is 25.8. The molecule has 0 aliphatic heterocycles. The van der Waals surface area contributed by atoms with Crippen molar-refractivity contribution in [1.82, 2.24) is 68.7 Å². The van der Waals surface area contributed by atoms with E-state index in [1.165, 1.54) is 95.1 Å². The molecule has 84 heavy (non-hydrogen) atoms. The van der Waals surface area contributed by atoms with Gasteiger partial charge in [-0.15, -0.1) is 10.2 Å². The fourth-order valence-corrected chi connectivity index (χ4v) is 9.45. The van der Waals surface area contributed by atoms with Gasteiger partial charge in [0, 0.05) is 84.7 Å². The number of aromatic nitrogens is 14. The first-order chi connectivity index (χ1) is 39.3. The summed E-state index contributed by atoms with van der Waals surface area (Å²) in [4.78, 5) is 73.7. The number of halogens is 2. The Morgan fingerprint density at radius 3 is 1.37 bits per heavy atom. The van der Waals surface area contributed by atoms with Crippen molar-refractivity contribution in [2.45, 2.75) is 76.3 Å². The van der Waals surface area contributed by atoms with Crippen molar-refractivity contribution in [2.75, 3.05) is 21.3 Å². The van der Waals surface area contributed by atoms with Gasteiger partial charge in [0.1, 0.15) is 22.7 Å². The van der Waals surface area contributed by atoms with Crippen LogP contribution >= 0.6 is 0 Å². The van der Waals surface area contributed by atoms with Crippen LogP contribution in [0.4, 0.5) is 8.78 Å². The Kier molecular flexibility index (Phi) is 18.9. The minimum absolute atomic E-state index is 0. The summed E-state index contributed by atoms with van der Waals surface area (Å²) in [5.74, 6) is -2.86. The molecule has 0 radical (unpaired) electrons. The maximum Gasteiger partial charge on any atom is 1.00 e. The molecular formula is C57H52F2LiN14O10-. The molecule has 0 amide bonds. The zero-order chi connectivity index (χ0) is 56.3. The summed E-state index contributed by atoms with van der Waals surface area (Å²) in [5, 5.41) is 25.3. The number of Topliss-reactive ketones (excluding diaryl/α,β-unsaturated/α-hetero) is 2. The topological polar surface area (TPSA) is 324 Å². The van der Waals surface area contributed by atoms with Crippen molar-refractivity contribution in [3.63, 3.8) is 0 Å². The van der Waals surface area contributed by atoms with Gasteiger partial charge in [0.25, 0.3) is 0 Å². The number of pyridine rings is 2. The number of carboxylic acids is 1. The van der Waals surface area contributed by atoms with Crippen molar-refractivity contribution >= 4 is 34.8 Å². The number of ketones is 2. The van der Waals surface area contributed by atoms with E-state index in [1.54, 1.807) is 33.9 Å². The monoisotopic (exact) mass is 1140 g/mol. The van der Waals surface area contributed by atoms with Crippen molar-refractivity contribution < 1.29 is 77.1 Å². The predicted octanol–water partition coefficient (Wildman–Crippen LogP) is 4.68. The third-order valence-corrected chi connectivity index (χ3v) is 14.0. The minimum atomic E-state index is -1.27. The molecule has 2 fully saturated rings. The van der Waals surface area contributed by atoms with E-state index in [0.717, 1.165) is 22.7 Å². The van der Waals surface area contributed by atoms with E-state index in [-0.39, 0.29) is 113 Å². The molecular weight excluding hydrogens is 1090 g/mol. The summed E-state index contributed by atoms with van der Waals surface area (Å²) in [6, 6.07) is 14.5. The molecule has 27 heteroatoms. The fourth-order valence-electron chi connectivity index (χ4n) is 9.45. The second-order valence-electron chi connectivity index (χ2n) is 19.5. The number of carboxylic acid groups (broad SMARTS) is 1. The third kappa shape index (κ3) is 13.4. The third-order valence-electron chi connectivity index (χ3n) is 14.0. The Hall–Kier alpha value is -9.48. The van der Waals surface area contributed by atoms with Gasteiger partial charge in [0.2, 0.25) is 11.6 Å². The van der Waals surface area contributed by atoms with E-state index < -0.39 is 23.6 Å². The van der Waals surface area contributed by atoms with E-state index >= 15 is 8.78 Å². The molecule has 8 aromatic heterocycles. The van der Waals surface area contributed by atoms with E-state index in [1.807, 2.05) is 33.3 Å². The molecule has 8 heterocycles. The average Bonchev–Trinajstić information content (AvgIpc) is 4.51. The van der Waals surface area contributed by atoms with Gasteiger partial charge >= 0.3 is 30.8 Å². The average molecular weight is 1140 g/mol. The van der Waals surface area contributed by atoms with Gasteiger partial charge < -0.3 is 39.1 Å². The molecule has 0 spiro atoms. The largest absolute Gasteiger partial charge is 1.00 e. The van der Waals surface area contributed by atoms with Gasteiger partial charge in [-0.2, -0.15) is 0 Å². The SMILES string of the molecule is COC(=O)c1ncc(-c2ccc(OC)c(F)c2CCC(=O)c2cn(Cc3cn4cc(C5CC5)ccc4n3)nn2)cn1.COc1ccc(-c2cnc(C(=O)O)nc2)c(CCC(=O)c2cn(Cc3cn4cc(C5CC5)ccc4n3)nn2)c1F.[Li+].[OH-].[OH-]. The van der Waals surface area contributed by atoms with Crippen LogP contribution in [0.15, 0.2) is 110 Å². The maximum atomic E-state index is 15.3. The number of imidazole rings is 2. The molecule has 426 valence electrons. The summed E-state index contributed by atoms with van der Waals surface area (Å²) >= 11 is 0. The normalized spacial score (nSPS) is 12.5. The molecule has 10 aromatic rings. The summed E-state index contributed by atoms with van der Waals surface area (Å²) in [6.45, 7) is 0.707. The van der Waals surface area contributed by atoms with Crippen molar-refractivity contribution in [2.24, 2.45) is 0 Å². The quantitative estimate of drug-likeness (QED) is 0.0615. The van der Waals surface area contributed by atoms with Crippen LogP contribution in [-0.2, 0) is 30.7 Å². The summed E-state index contributed by atoms with van der Waals surface area (Å²) in [6.07, 6.45) is 21.7. The van der Waals surface area contributed by atoms with E-state index in [2.05, 4.69) is 79.8 Å². The Labute approximate surface area is 488 Å². The minimum Gasteiger partial charge on any atom is -0.870 e. The molecule has 0 atom stereocenters. The van der Waals surface area contributed by atoms with Crippen LogP contribution in [0.5, 0.6) is 11.5 Å². The molecule has 0 unspecified atom stereocenters. The van der Waals surface area contributed by atoms with E-state index in [0.29, 0.717) is 47.2 Å². The first-order valence-electron chi connectivity index (χ1n) is 25.8. The summed E-state index contributed by atoms with van der Waals surface area (Å²) < 4.78 is 52.7. The number of fused-ring (bicyclic) bond motifs is 2. The second kappa shape index (κ2) is 26.2. The number of carbonyl (C=O) groups is 4. The number of aromatic carboxylic acids is 1. The van der Waals surface area contributed by atoms with Gasteiger partial charge in [-0.05, 0) is 96.9 Å². The van der Waals surface area contributed by atoms with Crippen LogP contribution in [0.2, 0.25) is 0 Å². The number of methoxy groups -OCH3 is 3. The summed E-state index contributed by atoms with van der Waals surface area (Å²) in [7, 11) is 3.95. The first kappa shape index (κ1) is 60.6. The van der Waals surface area contributed by atoms with Gasteiger partial charge in [0.15, 0.2) is 34.7 Å². The van der Waals surface area contributed by atoms with Gasteiger partial charge in [-0.25, -0.2) is 57.6 Å². The molecule has 2 aromatic carbocycles. The zero-order valence-electron chi connectivity index (χ0n) is 45.8. The number of rotatable bonds is 20. The zero-order valence-corrected chi connectivity index (χ0v) is 45.8. The molecule has 2 aliphatic rings. The number of esters is 1. The van der Waals surface area contributed by atoms with Crippen molar-refractivity contribution in [3.8, 4) is 33.8 Å². The number of hydrogen-bond donors (Lipinski definition) is 1. The number of nitrogens with zero attached hydrogens (tertiary/aromatic N) is 14.